The molecule has 1 aliphatic rings. The minimum Gasteiger partial charge on any atom is -2.00 e. The van der Waals surface area contributed by atoms with Crippen molar-refractivity contribution >= 4 is 10.4 Å². The number of hydrogen-bond acceptors (Lipinski definition) is 8. The Bertz CT molecular complexity index is 990. The quantitative estimate of drug-likeness (QED) is 0.156. The summed E-state index contributed by atoms with van der Waals surface area (Å²) < 4.78 is 34.1. The molecule has 18 heteroatoms. The molecule has 0 unspecified atom stereocenters. The monoisotopic (exact) mass is 651 g/mol. The van der Waals surface area contributed by atoms with Gasteiger partial charge in [-0.15, -0.1) is 0 Å². The van der Waals surface area contributed by atoms with Gasteiger partial charge in [-0.05, 0) is 55.6 Å². The summed E-state index contributed by atoms with van der Waals surface area (Å²) in [6.45, 7) is 10.2. The fourth-order valence-electron chi connectivity index (χ4n) is 3.96. The van der Waals surface area contributed by atoms with E-state index in [1.165, 1.54) is 0 Å². The Hall–Kier alpha value is -1.91. The standard InChI is InChI=1S/C23H34N4O2.H2O4S.5H2O.O.V/c1-16-8-18-12-24-4-3-5-25-13-19-9-17(2)11-21(23(19)29)15-27-7-6-26-14-20(10-16)22(18)28;1-5(2,3)4;;;;;;;/h8-11,24-29H,3-7,12-15H2,1-2H3;(H2,1,2,3,4);5*1H2;;/q;;;;;;;-2;+4/p-2. The van der Waals surface area contributed by atoms with Gasteiger partial charge >= 0.3 is 18.6 Å². The molecule has 41 heavy (non-hydrogen) atoms. The molecule has 0 spiro atoms. The Kier molecular flexibility index (Phi) is 32.6. The Morgan fingerprint density at radius 3 is 1.29 bits per heavy atom. The number of fused-ring (bicyclic) bond motifs is 4. The van der Waals surface area contributed by atoms with Crippen molar-refractivity contribution in [1.82, 2.24) is 10.6 Å². The maximum atomic E-state index is 12.7. The van der Waals surface area contributed by atoms with Crippen LogP contribution in [0.1, 0.15) is 39.8 Å². The Labute approximate surface area is 252 Å². The number of quaternary nitrogens is 2. The normalized spacial score (nSPS) is 13.6. The van der Waals surface area contributed by atoms with Crippen molar-refractivity contribution in [2.75, 3.05) is 26.2 Å². The second-order valence-corrected chi connectivity index (χ2v) is 9.32. The van der Waals surface area contributed by atoms with Gasteiger partial charge in [-0.3, -0.25) is 8.42 Å². The van der Waals surface area contributed by atoms with E-state index in [-0.39, 0.29) is 62.9 Å². The third-order valence-corrected chi connectivity index (χ3v) is 5.42. The maximum absolute atomic E-state index is 12.7. The first-order valence-corrected chi connectivity index (χ1v) is 12.7. The molecular formula is C23H44N4O12SV. The molecular weight excluding hydrogens is 607 g/mol. The molecule has 1 heterocycles. The molecule has 0 saturated heterocycles. The minimum atomic E-state index is -5.17. The number of benzene rings is 2. The van der Waals surface area contributed by atoms with E-state index in [9.17, 15) is 10.2 Å². The summed E-state index contributed by atoms with van der Waals surface area (Å²) in [5.41, 5.74) is 5.75. The Morgan fingerprint density at radius 1 is 0.683 bits per heavy atom. The van der Waals surface area contributed by atoms with E-state index in [4.69, 9.17) is 17.5 Å². The van der Waals surface area contributed by atoms with Crippen LogP contribution in [0.25, 0.3) is 0 Å². The molecule has 1 aliphatic heterocycles. The summed E-state index contributed by atoms with van der Waals surface area (Å²) in [6, 6.07) is 8.02. The molecule has 0 atom stereocenters. The average molecular weight is 652 g/mol. The van der Waals surface area contributed by atoms with E-state index in [1.54, 1.807) is 0 Å². The fourth-order valence-corrected chi connectivity index (χ4v) is 3.96. The number of nitrogens with two attached hydrogens (primary N) is 2. The first kappa shape index (κ1) is 51.8. The van der Waals surface area contributed by atoms with Crippen molar-refractivity contribution in [3.8, 4) is 11.5 Å². The molecule has 1 radical (unpaired) electrons. The summed E-state index contributed by atoms with van der Waals surface area (Å²) in [6.07, 6.45) is 0.946. The van der Waals surface area contributed by atoms with E-state index in [0.29, 0.717) is 26.2 Å². The van der Waals surface area contributed by atoms with Crippen LogP contribution >= 0.6 is 0 Å². The van der Waals surface area contributed by atoms with Gasteiger partial charge in [0.2, 0.25) is 0 Å². The Balaban J connectivity index is -0.000000236. The summed E-state index contributed by atoms with van der Waals surface area (Å²) in [5.74, 6) is 0.337. The third kappa shape index (κ3) is 20.6. The van der Waals surface area contributed by atoms with Gasteiger partial charge in [0.15, 0.2) is 0 Å². The van der Waals surface area contributed by atoms with Gasteiger partial charge in [0.25, 0.3) is 0 Å². The van der Waals surface area contributed by atoms with E-state index < -0.39 is 10.4 Å². The van der Waals surface area contributed by atoms with Gasteiger partial charge in [-0.2, -0.15) is 0 Å². The van der Waals surface area contributed by atoms with Gasteiger partial charge in [0.1, 0.15) is 26.2 Å². The van der Waals surface area contributed by atoms with Gasteiger partial charge in [0, 0.05) is 23.5 Å². The molecule has 2 aromatic carbocycles. The zero-order chi connectivity index (χ0) is 25.1. The molecule has 4 bridgehead atoms. The van der Waals surface area contributed by atoms with Crippen molar-refractivity contribution in [1.29, 1.82) is 0 Å². The molecule has 0 aliphatic carbocycles. The van der Waals surface area contributed by atoms with Crippen LogP contribution in [-0.2, 0) is 60.6 Å². The summed E-state index contributed by atoms with van der Waals surface area (Å²) in [4.78, 5) is 0. The Morgan fingerprint density at radius 2 is 0.976 bits per heavy atom. The van der Waals surface area contributed by atoms with Crippen molar-refractivity contribution in [2.45, 2.75) is 46.4 Å². The first-order valence-electron chi connectivity index (χ1n) is 11.3. The minimum absolute atomic E-state index is 0. The molecule has 16 N–H and O–H groups in total. The topological polar surface area (TPSA) is 370 Å². The molecule has 0 amide bonds. The zero-order valence-electron chi connectivity index (χ0n) is 23.0. The number of nitrogens with one attached hydrogen (secondary N) is 2. The van der Waals surface area contributed by atoms with Crippen molar-refractivity contribution in [3.63, 3.8) is 0 Å². The second kappa shape index (κ2) is 25.8. The van der Waals surface area contributed by atoms with Crippen LogP contribution in [0.15, 0.2) is 24.3 Å². The first-order chi connectivity index (χ1) is 16.0. The average Bonchev–Trinajstić information content (AvgIpc) is 2.73. The van der Waals surface area contributed by atoms with E-state index >= 15 is 0 Å². The zero-order valence-corrected chi connectivity index (χ0v) is 25.3. The molecule has 0 saturated carbocycles. The molecule has 0 aromatic heterocycles. The van der Waals surface area contributed by atoms with E-state index in [2.05, 4.69) is 35.1 Å². The SMILES string of the molecule is Cc1cc2c([O-])c(c1)C[NH2+]CC[NH2+]Cc1cc(C)cc(c1[O-])CNCCCNC2.O.O.O.O.O.O=S(=O)([O-])[O-].[O-2].[V+4]. The fraction of sp³-hybridized carbons (Fsp3) is 0.478. The third-order valence-electron chi connectivity index (χ3n) is 5.42. The smallest absolute Gasteiger partial charge is 2.00 e. The van der Waals surface area contributed by atoms with Crippen molar-refractivity contribution < 1.29 is 89.8 Å². The van der Waals surface area contributed by atoms with Crippen molar-refractivity contribution in [2.24, 2.45) is 0 Å². The summed E-state index contributed by atoms with van der Waals surface area (Å²) in [7, 11) is -5.17. The van der Waals surface area contributed by atoms with Crippen LogP contribution in [0.5, 0.6) is 11.5 Å². The van der Waals surface area contributed by atoms with Crippen LogP contribution in [0.4, 0.5) is 0 Å². The number of rotatable bonds is 0. The molecule has 239 valence electrons. The predicted octanol–water partition coefficient (Wildman–Crippen LogP) is -6.72. The summed E-state index contributed by atoms with van der Waals surface area (Å²) in [5, 5.41) is 36.6. The predicted molar refractivity (Wildman–Crippen MR) is 140 cm³/mol. The number of hydrogen-bond donors (Lipinski definition) is 4. The van der Waals surface area contributed by atoms with Crippen LogP contribution in [0, 0.1) is 13.8 Å². The van der Waals surface area contributed by atoms with Gasteiger partial charge < -0.3 is 73.4 Å². The van der Waals surface area contributed by atoms with Gasteiger partial charge in [0.05, 0.1) is 0 Å². The molecule has 2 aromatic rings. The van der Waals surface area contributed by atoms with Crippen molar-refractivity contribution in [3.05, 3.63) is 57.6 Å². The largest absolute Gasteiger partial charge is 4.00 e. The van der Waals surface area contributed by atoms with Crippen LogP contribution in [0.2, 0.25) is 0 Å². The molecule has 0 fully saturated rings. The van der Waals surface area contributed by atoms with E-state index in [0.717, 1.165) is 66.0 Å². The van der Waals surface area contributed by atoms with Crippen LogP contribution in [0.3, 0.4) is 0 Å². The molecule has 16 nitrogen and oxygen atoms in total. The van der Waals surface area contributed by atoms with Gasteiger partial charge in [-0.1, -0.05) is 46.9 Å². The van der Waals surface area contributed by atoms with Crippen LogP contribution in [-0.4, -0.2) is 71.1 Å². The maximum Gasteiger partial charge on any atom is 4.00 e. The summed E-state index contributed by atoms with van der Waals surface area (Å²) >= 11 is 0. The number of aryl methyl sites for hydroxylation is 2. The second-order valence-electron chi connectivity index (χ2n) is 8.50. The van der Waals surface area contributed by atoms with Gasteiger partial charge in [-0.25, -0.2) is 0 Å². The van der Waals surface area contributed by atoms with E-state index in [1.807, 2.05) is 24.3 Å². The molecule has 3 rings (SSSR count). The van der Waals surface area contributed by atoms with Crippen LogP contribution < -0.4 is 31.5 Å².